The third-order valence-electron chi connectivity index (χ3n) is 2.02. The van der Waals surface area contributed by atoms with Crippen LogP contribution in [0.2, 0.25) is 0 Å². The zero-order valence-electron chi connectivity index (χ0n) is 9.07. The summed E-state index contributed by atoms with van der Waals surface area (Å²) in [7, 11) is 0. The Morgan fingerprint density at radius 1 is 1.21 bits per heavy atom. The van der Waals surface area contributed by atoms with Crippen LogP contribution in [-0.4, -0.2) is 9.97 Å². The predicted molar refractivity (Wildman–Crippen MR) is 54.9 cm³/mol. The van der Waals surface area contributed by atoms with Gasteiger partial charge in [0, 0.05) is 12.1 Å². The second kappa shape index (κ2) is 4.19. The Morgan fingerprint density at radius 3 is 2.29 bits per heavy atom. The predicted octanol–water partition coefficient (Wildman–Crippen LogP) is 2.60. The summed E-state index contributed by atoms with van der Waals surface area (Å²) in [6.07, 6.45) is 1.62. The van der Waals surface area contributed by atoms with Crippen LogP contribution in [-0.2, 0) is 0 Å². The maximum Gasteiger partial charge on any atom is 0.131 e. The first kappa shape index (κ1) is 10.6. The van der Waals surface area contributed by atoms with Crippen LogP contribution in [0.5, 0.6) is 0 Å². The molecule has 0 fully saturated rings. The molecule has 3 heteroatoms. The number of hydrogen-bond donors (Lipinski definition) is 0. The topological polar surface area (TPSA) is 49.6 Å². The first-order chi connectivity index (χ1) is 6.56. The van der Waals surface area contributed by atoms with Gasteiger partial charge >= 0.3 is 0 Å². The summed E-state index contributed by atoms with van der Waals surface area (Å²) >= 11 is 0. The maximum absolute atomic E-state index is 8.87. The van der Waals surface area contributed by atoms with Crippen LogP contribution in [0, 0.1) is 11.3 Å². The molecule has 0 aliphatic rings. The zero-order valence-corrected chi connectivity index (χ0v) is 9.07. The summed E-state index contributed by atoms with van der Waals surface area (Å²) < 4.78 is 0. The molecule has 1 aromatic rings. The van der Waals surface area contributed by atoms with Crippen LogP contribution in [0.4, 0.5) is 0 Å². The minimum Gasteiger partial charge on any atom is -0.240 e. The zero-order chi connectivity index (χ0) is 10.7. The van der Waals surface area contributed by atoms with Crippen molar-refractivity contribution in [3.63, 3.8) is 0 Å². The Bertz CT molecular complexity index is 361. The lowest BCUT2D eigenvalue weighted by Gasteiger charge is -2.09. The second-order valence-corrected chi connectivity index (χ2v) is 3.95. The second-order valence-electron chi connectivity index (χ2n) is 3.95. The summed E-state index contributed by atoms with van der Waals surface area (Å²) in [4.78, 5) is 8.57. The van der Waals surface area contributed by atoms with Crippen molar-refractivity contribution >= 4 is 0 Å². The molecule has 0 aliphatic carbocycles. The molecule has 1 aromatic heterocycles. The lowest BCUT2D eigenvalue weighted by Crippen LogP contribution is -2.05. The van der Waals surface area contributed by atoms with E-state index in [-0.39, 0.29) is 5.92 Å². The molecular weight excluding hydrogens is 174 g/mol. The molecule has 0 saturated heterocycles. The molecule has 74 valence electrons. The van der Waals surface area contributed by atoms with E-state index in [9.17, 15) is 0 Å². The summed E-state index contributed by atoms with van der Waals surface area (Å²) in [5, 5.41) is 8.87. The van der Waals surface area contributed by atoms with E-state index < -0.39 is 0 Å². The third kappa shape index (κ3) is 2.08. The van der Waals surface area contributed by atoms with E-state index in [0.717, 1.165) is 11.5 Å². The Hall–Kier alpha value is -1.43. The van der Waals surface area contributed by atoms with Crippen molar-refractivity contribution in [2.45, 2.75) is 39.5 Å². The molecule has 1 rings (SSSR count). The number of rotatable bonds is 2. The maximum atomic E-state index is 8.87. The molecule has 0 bridgehead atoms. The number of hydrogen-bond acceptors (Lipinski definition) is 3. The number of aromatic nitrogens is 2. The standard InChI is InChI=1S/C11H15N3/c1-7(2)10-9(5-12)6-13-11(14-10)8(3)4/h6-8H,1-4H3. The quantitative estimate of drug-likeness (QED) is 0.718. The highest BCUT2D eigenvalue weighted by Crippen LogP contribution is 2.18. The van der Waals surface area contributed by atoms with Gasteiger partial charge in [-0.2, -0.15) is 5.26 Å². The van der Waals surface area contributed by atoms with Crippen LogP contribution in [0.3, 0.4) is 0 Å². The fourth-order valence-electron chi connectivity index (χ4n) is 1.21. The van der Waals surface area contributed by atoms with Gasteiger partial charge in [-0.15, -0.1) is 0 Å². The van der Waals surface area contributed by atoms with Gasteiger partial charge in [-0.25, -0.2) is 9.97 Å². The first-order valence-electron chi connectivity index (χ1n) is 4.83. The summed E-state index contributed by atoms with van der Waals surface area (Å²) in [5.41, 5.74) is 1.44. The molecule has 0 unspecified atom stereocenters. The van der Waals surface area contributed by atoms with Crippen molar-refractivity contribution in [3.8, 4) is 6.07 Å². The highest BCUT2D eigenvalue weighted by atomic mass is 14.9. The van der Waals surface area contributed by atoms with Crippen molar-refractivity contribution in [2.75, 3.05) is 0 Å². The molecule has 0 aromatic carbocycles. The first-order valence-corrected chi connectivity index (χ1v) is 4.83. The molecule has 0 atom stereocenters. The molecule has 1 heterocycles. The minimum atomic E-state index is 0.269. The average Bonchev–Trinajstić information content (AvgIpc) is 2.16. The van der Waals surface area contributed by atoms with E-state index >= 15 is 0 Å². The number of nitrogens with zero attached hydrogens (tertiary/aromatic N) is 3. The van der Waals surface area contributed by atoms with E-state index in [1.807, 2.05) is 27.7 Å². The molecular formula is C11H15N3. The fourth-order valence-corrected chi connectivity index (χ4v) is 1.21. The van der Waals surface area contributed by atoms with Crippen molar-refractivity contribution < 1.29 is 0 Å². The van der Waals surface area contributed by atoms with Crippen molar-refractivity contribution in [1.82, 2.24) is 9.97 Å². The molecule has 0 N–H and O–H groups in total. The smallest absolute Gasteiger partial charge is 0.131 e. The van der Waals surface area contributed by atoms with E-state index in [2.05, 4.69) is 16.0 Å². The molecule has 14 heavy (non-hydrogen) atoms. The fraction of sp³-hybridized carbons (Fsp3) is 0.545. The lowest BCUT2D eigenvalue weighted by molar-refractivity contribution is 0.726. The van der Waals surface area contributed by atoms with Gasteiger partial charge in [-0.05, 0) is 5.92 Å². The molecule has 0 saturated carbocycles. The summed E-state index contributed by atoms with van der Waals surface area (Å²) in [6, 6.07) is 2.12. The van der Waals surface area contributed by atoms with E-state index in [0.29, 0.717) is 11.5 Å². The van der Waals surface area contributed by atoms with Gasteiger partial charge in [-0.1, -0.05) is 27.7 Å². The molecule has 0 radical (unpaired) electrons. The Balaban J connectivity index is 3.23. The van der Waals surface area contributed by atoms with E-state index in [1.54, 1.807) is 6.20 Å². The van der Waals surface area contributed by atoms with Crippen LogP contribution < -0.4 is 0 Å². The van der Waals surface area contributed by atoms with Gasteiger partial charge < -0.3 is 0 Å². The number of nitriles is 1. The van der Waals surface area contributed by atoms with Crippen LogP contribution in [0.25, 0.3) is 0 Å². The minimum absolute atomic E-state index is 0.269. The highest BCUT2D eigenvalue weighted by Gasteiger charge is 2.11. The van der Waals surface area contributed by atoms with Crippen LogP contribution >= 0.6 is 0 Å². The van der Waals surface area contributed by atoms with Gasteiger partial charge in [0.25, 0.3) is 0 Å². The third-order valence-corrected chi connectivity index (χ3v) is 2.02. The van der Waals surface area contributed by atoms with Gasteiger partial charge in [0.1, 0.15) is 11.9 Å². The largest absolute Gasteiger partial charge is 0.240 e. The van der Waals surface area contributed by atoms with Gasteiger partial charge in [0.05, 0.1) is 11.3 Å². The normalized spacial score (nSPS) is 10.6. The summed E-state index contributed by atoms with van der Waals surface area (Å²) in [6.45, 7) is 8.16. The van der Waals surface area contributed by atoms with Crippen LogP contribution in [0.1, 0.15) is 56.6 Å². The van der Waals surface area contributed by atoms with Crippen molar-refractivity contribution in [1.29, 1.82) is 5.26 Å². The molecule has 0 aliphatic heterocycles. The summed E-state index contributed by atoms with van der Waals surface area (Å²) in [5.74, 6) is 1.39. The monoisotopic (exact) mass is 189 g/mol. The van der Waals surface area contributed by atoms with E-state index in [4.69, 9.17) is 5.26 Å². The average molecular weight is 189 g/mol. The Labute approximate surface area is 84.8 Å². The highest BCUT2D eigenvalue weighted by molar-refractivity contribution is 5.33. The molecule has 0 spiro atoms. The molecule has 0 amide bonds. The van der Waals surface area contributed by atoms with Crippen LogP contribution in [0.15, 0.2) is 6.20 Å². The Morgan fingerprint density at radius 2 is 1.86 bits per heavy atom. The van der Waals surface area contributed by atoms with Crippen molar-refractivity contribution in [2.24, 2.45) is 0 Å². The SMILES string of the molecule is CC(C)c1ncc(C#N)c(C(C)C)n1. The van der Waals surface area contributed by atoms with Crippen molar-refractivity contribution in [3.05, 3.63) is 23.3 Å². The van der Waals surface area contributed by atoms with Gasteiger partial charge in [-0.3, -0.25) is 0 Å². The van der Waals surface area contributed by atoms with Gasteiger partial charge in [0.15, 0.2) is 0 Å². The lowest BCUT2D eigenvalue weighted by atomic mass is 10.1. The Kier molecular flexibility index (Phi) is 3.19. The van der Waals surface area contributed by atoms with E-state index in [1.165, 1.54) is 0 Å². The van der Waals surface area contributed by atoms with Gasteiger partial charge in [0.2, 0.25) is 0 Å². The molecule has 3 nitrogen and oxygen atoms in total.